The molecular formula is C22H18FN3O2. The zero-order chi connectivity index (χ0) is 19.9. The molecule has 3 rings (SSSR count). The summed E-state index contributed by atoms with van der Waals surface area (Å²) in [4.78, 5) is 12.3. The Morgan fingerprint density at radius 2 is 1.75 bits per heavy atom. The number of ether oxygens (including phenoxy) is 1. The number of amides is 1. The fraction of sp³-hybridized carbons (Fsp3) is 0.0909. The summed E-state index contributed by atoms with van der Waals surface area (Å²) >= 11 is 0. The van der Waals surface area contributed by atoms with Gasteiger partial charge in [0.05, 0.1) is 11.6 Å². The van der Waals surface area contributed by atoms with Gasteiger partial charge in [-0.2, -0.15) is 5.26 Å². The zero-order valence-electron chi connectivity index (χ0n) is 15.1. The second-order valence-electron chi connectivity index (χ2n) is 6.13. The first-order valence-corrected chi connectivity index (χ1v) is 8.64. The number of hydrogen-bond donors (Lipinski definition) is 2. The van der Waals surface area contributed by atoms with Crippen molar-refractivity contribution in [1.82, 2.24) is 0 Å². The lowest BCUT2D eigenvalue weighted by Crippen LogP contribution is -2.31. The summed E-state index contributed by atoms with van der Waals surface area (Å²) in [5, 5.41) is 14.8. The molecular weight excluding hydrogens is 357 g/mol. The molecule has 0 aliphatic heterocycles. The summed E-state index contributed by atoms with van der Waals surface area (Å²) in [5.74, 6) is 0.376. The quantitative estimate of drug-likeness (QED) is 0.641. The van der Waals surface area contributed by atoms with E-state index in [1.165, 1.54) is 12.1 Å². The highest BCUT2D eigenvalue weighted by atomic mass is 19.1. The van der Waals surface area contributed by atoms with Crippen LogP contribution in [-0.4, -0.2) is 11.9 Å². The number of anilines is 2. The minimum atomic E-state index is -0.499. The van der Waals surface area contributed by atoms with E-state index in [4.69, 9.17) is 10.00 Å². The van der Waals surface area contributed by atoms with E-state index in [1.54, 1.807) is 67.6 Å². The summed E-state index contributed by atoms with van der Waals surface area (Å²) in [6, 6.07) is 21.2. The van der Waals surface area contributed by atoms with Crippen LogP contribution in [0, 0.1) is 17.1 Å². The monoisotopic (exact) mass is 375 g/mol. The number of carbonyl (C=O) groups excluding carboxylic acids is 1. The summed E-state index contributed by atoms with van der Waals surface area (Å²) in [5.41, 5.74) is 1.78. The van der Waals surface area contributed by atoms with E-state index in [0.717, 1.165) is 5.69 Å². The topological polar surface area (TPSA) is 74.2 Å². The number of nitrogens with zero attached hydrogens (tertiary/aromatic N) is 1. The van der Waals surface area contributed by atoms with Crippen LogP contribution in [-0.2, 0) is 4.79 Å². The Morgan fingerprint density at radius 1 is 1.00 bits per heavy atom. The third-order valence-corrected chi connectivity index (χ3v) is 3.92. The molecule has 0 bridgehead atoms. The van der Waals surface area contributed by atoms with Gasteiger partial charge in [-0.15, -0.1) is 0 Å². The van der Waals surface area contributed by atoms with Gasteiger partial charge >= 0.3 is 0 Å². The van der Waals surface area contributed by atoms with Crippen molar-refractivity contribution in [1.29, 1.82) is 5.26 Å². The van der Waals surface area contributed by atoms with Crippen molar-refractivity contribution in [2.75, 3.05) is 10.6 Å². The van der Waals surface area contributed by atoms with Gasteiger partial charge in [0.15, 0.2) is 0 Å². The molecule has 0 aliphatic carbocycles. The van der Waals surface area contributed by atoms with Crippen LogP contribution in [0.15, 0.2) is 72.8 Å². The number of hydrogen-bond acceptors (Lipinski definition) is 4. The summed E-state index contributed by atoms with van der Waals surface area (Å²) in [7, 11) is 0. The predicted molar refractivity (Wildman–Crippen MR) is 106 cm³/mol. The molecule has 140 valence electrons. The van der Waals surface area contributed by atoms with Gasteiger partial charge in [-0.25, -0.2) is 4.39 Å². The molecule has 0 spiro atoms. The molecule has 1 atom stereocenters. The average molecular weight is 375 g/mol. The SMILES string of the molecule is CC(Nc1ccc(Oc2cccc(F)c2)cc1)C(=O)Nc1cccc(C#N)c1. The zero-order valence-corrected chi connectivity index (χ0v) is 15.1. The van der Waals surface area contributed by atoms with Gasteiger partial charge in [0, 0.05) is 17.4 Å². The summed E-state index contributed by atoms with van der Waals surface area (Å²) in [6.07, 6.45) is 0. The maximum absolute atomic E-state index is 13.2. The number of rotatable bonds is 6. The van der Waals surface area contributed by atoms with Gasteiger partial charge in [0.2, 0.25) is 5.91 Å². The molecule has 6 heteroatoms. The summed E-state index contributed by atoms with van der Waals surface area (Å²) in [6.45, 7) is 1.74. The van der Waals surface area contributed by atoms with Gasteiger partial charge in [-0.3, -0.25) is 4.79 Å². The molecule has 2 N–H and O–H groups in total. The molecule has 1 unspecified atom stereocenters. The Hall–Kier alpha value is -3.85. The lowest BCUT2D eigenvalue weighted by Gasteiger charge is -2.16. The minimum Gasteiger partial charge on any atom is -0.457 e. The van der Waals surface area contributed by atoms with Gasteiger partial charge in [-0.1, -0.05) is 12.1 Å². The van der Waals surface area contributed by atoms with E-state index in [1.807, 2.05) is 6.07 Å². The van der Waals surface area contributed by atoms with Crippen LogP contribution in [0.5, 0.6) is 11.5 Å². The Kier molecular flexibility index (Phi) is 5.87. The highest BCUT2D eigenvalue weighted by Crippen LogP contribution is 2.24. The van der Waals surface area contributed by atoms with Crippen molar-refractivity contribution in [2.24, 2.45) is 0 Å². The largest absolute Gasteiger partial charge is 0.457 e. The van der Waals surface area contributed by atoms with Gasteiger partial charge in [0.1, 0.15) is 23.4 Å². The van der Waals surface area contributed by atoms with Crippen LogP contribution >= 0.6 is 0 Å². The second kappa shape index (κ2) is 8.69. The van der Waals surface area contributed by atoms with Crippen molar-refractivity contribution < 1.29 is 13.9 Å². The lowest BCUT2D eigenvalue weighted by atomic mass is 10.2. The van der Waals surface area contributed by atoms with E-state index >= 15 is 0 Å². The molecule has 0 saturated heterocycles. The molecule has 1 amide bonds. The molecule has 28 heavy (non-hydrogen) atoms. The summed E-state index contributed by atoms with van der Waals surface area (Å²) < 4.78 is 18.8. The Balaban J connectivity index is 1.58. The average Bonchev–Trinajstić information content (AvgIpc) is 2.69. The molecule has 3 aromatic carbocycles. The van der Waals surface area contributed by atoms with E-state index < -0.39 is 6.04 Å². The highest BCUT2D eigenvalue weighted by molar-refractivity contribution is 5.96. The third-order valence-electron chi connectivity index (χ3n) is 3.92. The van der Waals surface area contributed by atoms with E-state index in [9.17, 15) is 9.18 Å². The van der Waals surface area contributed by atoms with Gasteiger partial charge < -0.3 is 15.4 Å². The van der Waals surface area contributed by atoms with Crippen molar-refractivity contribution >= 4 is 17.3 Å². The first-order valence-electron chi connectivity index (χ1n) is 8.64. The Labute approximate surface area is 162 Å². The molecule has 5 nitrogen and oxygen atoms in total. The van der Waals surface area contributed by atoms with Crippen molar-refractivity contribution in [2.45, 2.75) is 13.0 Å². The number of benzene rings is 3. The Bertz CT molecular complexity index is 1010. The van der Waals surface area contributed by atoms with E-state index in [-0.39, 0.29) is 11.7 Å². The van der Waals surface area contributed by atoms with E-state index in [0.29, 0.717) is 22.7 Å². The highest BCUT2D eigenvalue weighted by Gasteiger charge is 2.13. The number of halogens is 1. The standard InChI is InChI=1S/C22H18FN3O2/c1-15(22(27)26-19-6-2-4-16(12-19)14-24)25-18-8-10-20(11-9-18)28-21-7-3-5-17(23)13-21/h2-13,15,25H,1H3,(H,26,27). The predicted octanol–water partition coefficient (Wildman–Crippen LogP) is 4.93. The van der Waals surface area contributed by atoms with Crippen LogP contribution in [0.1, 0.15) is 12.5 Å². The molecule has 0 aliphatic rings. The smallest absolute Gasteiger partial charge is 0.246 e. The van der Waals surface area contributed by atoms with Gasteiger partial charge in [-0.05, 0) is 61.5 Å². The Morgan fingerprint density at radius 3 is 2.46 bits per heavy atom. The van der Waals surface area contributed by atoms with Crippen molar-refractivity contribution in [3.8, 4) is 17.6 Å². The van der Waals surface area contributed by atoms with Crippen molar-refractivity contribution in [3.05, 3.63) is 84.2 Å². The van der Waals surface area contributed by atoms with Crippen LogP contribution < -0.4 is 15.4 Å². The number of nitrogens with one attached hydrogen (secondary N) is 2. The number of carbonyl (C=O) groups is 1. The second-order valence-corrected chi connectivity index (χ2v) is 6.13. The van der Waals surface area contributed by atoms with Crippen LogP contribution in [0.3, 0.4) is 0 Å². The van der Waals surface area contributed by atoms with Gasteiger partial charge in [0.25, 0.3) is 0 Å². The molecule has 3 aromatic rings. The molecule has 0 saturated carbocycles. The van der Waals surface area contributed by atoms with Crippen LogP contribution in [0.4, 0.5) is 15.8 Å². The molecule has 0 heterocycles. The fourth-order valence-corrected chi connectivity index (χ4v) is 2.52. The maximum atomic E-state index is 13.2. The maximum Gasteiger partial charge on any atom is 0.246 e. The van der Waals surface area contributed by atoms with Crippen LogP contribution in [0.25, 0.3) is 0 Å². The molecule has 0 fully saturated rings. The third kappa shape index (κ3) is 5.08. The minimum absolute atomic E-state index is 0.227. The molecule has 0 radical (unpaired) electrons. The first kappa shape index (κ1) is 18.9. The first-order chi connectivity index (χ1) is 13.5. The van der Waals surface area contributed by atoms with Crippen LogP contribution in [0.2, 0.25) is 0 Å². The molecule has 0 aromatic heterocycles. The fourth-order valence-electron chi connectivity index (χ4n) is 2.52. The normalized spacial score (nSPS) is 11.2. The van der Waals surface area contributed by atoms with Crippen molar-refractivity contribution in [3.63, 3.8) is 0 Å². The van der Waals surface area contributed by atoms with E-state index in [2.05, 4.69) is 10.6 Å². The lowest BCUT2D eigenvalue weighted by molar-refractivity contribution is -0.116. The number of nitriles is 1.